The molecule has 2 rings (SSSR count). The number of carbonyl (C=O) groups is 1. The van der Waals surface area contributed by atoms with Gasteiger partial charge >= 0.3 is 6.03 Å². The van der Waals surface area contributed by atoms with Gasteiger partial charge in [0, 0.05) is 36.1 Å². The lowest BCUT2D eigenvalue weighted by molar-refractivity contribution is 0.182. The zero-order chi connectivity index (χ0) is 17.5. The Morgan fingerprint density at radius 3 is 2.83 bits per heavy atom. The number of hydrogen-bond acceptors (Lipinski definition) is 3. The van der Waals surface area contributed by atoms with Gasteiger partial charge in [0.1, 0.15) is 5.75 Å². The first-order valence-corrected chi connectivity index (χ1v) is 8.21. The van der Waals surface area contributed by atoms with E-state index in [-0.39, 0.29) is 12.1 Å². The molecule has 0 saturated heterocycles. The second kappa shape index (κ2) is 8.55. The number of amides is 2. The van der Waals surface area contributed by atoms with Crippen LogP contribution in [-0.2, 0) is 6.54 Å². The van der Waals surface area contributed by atoms with Gasteiger partial charge in [0.25, 0.3) is 0 Å². The van der Waals surface area contributed by atoms with E-state index in [4.69, 9.17) is 16.3 Å². The Balaban J connectivity index is 2.05. The van der Waals surface area contributed by atoms with Gasteiger partial charge in [-0.1, -0.05) is 23.7 Å². The first-order valence-electron chi connectivity index (χ1n) is 7.83. The number of ether oxygens (including phenoxy) is 1. The van der Waals surface area contributed by atoms with E-state index in [1.807, 2.05) is 32.0 Å². The third kappa shape index (κ3) is 4.38. The molecule has 24 heavy (non-hydrogen) atoms. The van der Waals surface area contributed by atoms with E-state index in [9.17, 15) is 4.79 Å². The Morgan fingerprint density at radius 1 is 1.42 bits per heavy atom. The van der Waals surface area contributed by atoms with Crippen molar-refractivity contribution in [3.8, 4) is 5.75 Å². The Morgan fingerprint density at radius 2 is 2.21 bits per heavy atom. The van der Waals surface area contributed by atoms with Crippen LogP contribution in [0.2, 0.25) is 5.02 Å². The quantitative estimate of drug-likeness (QED) is 0.858. The number of methoxy groups -OCH3 is 1. The lowest BCUT2D eigenvalue weighted by Gasteiger charge is -2.28. The van der Waals surface area contributed by atoms with Crippen molar-refractivity contribution in [1.29, 1.82) is 0 Å². The number of rotatable bonds is 6. The molecule has 0 fully saturated rings. The molecule has 2 amide bonds. The molecular weight excluding hydrogens is 326 g/mol. The number of aromatic nitrogens is 1. The van der Waals surface area contributed by atoms with Crippen LogP contribution in [0.5, 0.6) is 5.75 Å². The van der Waals surface area contributed by atoms with Gasteiger partial charge in [0.15, 0.2) is 0 Å². The van der Waals surface area contributed by atoms with Gasteiger partial charge < -0.3 is 15.0 Å². The Hall–Kier alpha value is -2.27. The smallest absolute Gasteiger partial charge is 0.318 e. The lowest BCUT2D eigenvalue weighted by atomic mass is 10.1. The summed E-state index contributed by atoms with van der Waals surface area (Å²) < 4.78 is 5.30. The molecule has 0 aliphatic carbocycles. The summed E-state index contributed by atoms with van der Waals surface area (Å²) in [5, 5.41) is 3.54. The maximum Gasteiger partial charge on any atom is 0.318 e. The molecule has 5 nitrogen and oxygen atoms in total. The molecule has 128 valence electrons. The molecule has 1 aromatic heterocycles. The first-order chi connectivity index (χ1) is 11.6. The summed E-state index contributed by atoms with van der Waals surface area (Å²) in [6.45, 7) is 4.91. The molecule has 6 heteroatoms. The maximum atomic E-state index is 12.6. The number of pyridine rings is 1. The zero-order valence-corrected chi connectivity index (χ0v) is 14.9. The largest absolute Gasteiger partial charge is 0.496 e. The van der Waals surface area contributed by atoms with E-state index in [0.717, 1.165) is 11.1 Å². The van der Waals surface area contributed by atoms with Crippen molar-refractivity contribution < 1.29 is 9.53 Å². The molecule has 0 spiro atoms. The number of halogens is 1. The fourth-order valence-corrected chi connectivity index (χ4v) is 2.70. The van der Waals surface area contributed by atoms with Crippen molar-refractivity contribution in [2.75, 3.05) is 13.7 Å². The van der Waals surface area contributed by atoms with Crippen molar-refractivity contribution in [2.24, 2.45) is 0 Å². The molecule has 2 aromatic rings. The molecule has 0 saturated carbocycles. The Kier molecular flexibility index (Phi) is 6.44. The van der Waals surface area contributed by atoms with E-state index >= 15 is 0 Å². The SMILES string of the molecule is CCN(C(=O)NCc1ccc(Cl)cc1OC)[C@H](C)c1cccnc1. The molecule has 0 aliphatic heterocycles. The van der Waals surface area contributed by atoms with Gasteiger partial charge in [-0.2, -0.15) is 0 Å². The summed E-state index contributed by atoms with van der Waals surface area (Å²) >= 11 is 5.96. The van der Waals surface area contributed by atoms with E-state index < -0.39 is 0 Å². The highest BCUT2D eigenvalue weighted by Gasteiger charge is 2.20. The van der Waals surface area contributed by atoms with Crippen LogP contribution in [0.1, 0.15) is 31.0 Å². The summed E-state index contributed by atoms with van der Waals surface area (Å²) in [6, 6.07) is 9.01. The van der Waals surface area contributed by atoms with Crippen LogP contribution in [0.25, 0.3) is 0 Å². The number of benzene rings is 1. The van der Waals surface area contributed by atoms with Gasteiger partial charge in [-0.25, -0.2) is 4.79 Å². The molecule has 0 aliphatic rings. The number of hydrogen-bond donors (Lipinski definition) is 1. The summed E-state index contributed by atoms with van der Waals surface area (Å²) in [5.41, 5.74) is 1.87. The molecule has 0 radical (unpaired) electrons. The topological polar surface area (TPSA) is 54.5 Å². The standard InChI is InChI=1S/C18H22ClN3O2/c1-4-22(13(2)14-6-5-9-20-11-14)18(23)21-12-15-7-8-16(19)10-17(15)24-3/h5-11,13H,4,12H2,1-3H3,(H,21,23)/t13-/m1/s1. The average Bonchev–Trinajstić information content (AvgIpc) is 2.61. The molecule has 0 unspecified atom stereocenters. The monoisotopic (exact) mass is 347 g/mol. The minimum Gasteiger partial charge on any atom is -0.496 e. The van der Waals surface area contributed by atoms with Crippen molar-refractivity contribution in [3.05, 3.63) is 58.9 Å². The molecule has 0 bridgehead atoms. The first kappa shape index (κ1) is 18.1. The third-order valence-electron chi connectivity index (χ3n) is 3.92. The summed E-state index contributed by atoms with van der Waals surface area (Å²) in [7, 11) is 1.58. The number of carbonyl (C=O) groups excluding carboxylic acids is 1. The van der Waals surface area contributed by atoms with E-state index in [0.29, 0.717) is 23.9 Å². The van der Waals surface area contributed by atoms with Gasteiger partial charge in [-0.3, -0.25) is 4.98 Å². The molecule has 1 aromatic carbocycles. The fourth-order valence-electron chi connectivity index (χ4n) is 2.53. The van der Waals surface area contributed by atoms with Crippen molar-refractivity contribution in [1.82, 2.24) is 15.2 Å². The summed E-state index contributed by atoms with van der Waals surface area (Å²) in [4.78, 5) is 18.4. The van der Waals surface area contributed by atoms with E-state index in [1.165, 1.54) is 0 Å². The van der Waals surface area contributed by atoms with Crippen LogP contribution in [0.4, 0.5) is 4.79 Å². The average molecular weight is 348 g/mol. The van der Waals surface area contributed by atoms with E-state index in [2.05, 4.69) is 10.3 Å². The third-order valence-corrected chi connectivity index (χ3v) is 4.15. The maximum absolute atomic E-state index is 12.6. The number of nitrogens with one attached hydrogen (secondary N) is 1. The zero-order valence-electron chi connectivity index (χ0n) is 14.1. The highest BCUT2D eigenvalue weighted by Crippen LogP contribution is 2.23. The minimum atomic E-state index is -0.133. The Bertz CT molecular complexity index is 679. The van der Waals surface area contributed by atoms with Crippen molar-refractivity contribution in [3.63, 3.8) is 0 Å². The summed E-state index contributed by atoms with van der Waals surface area (Å²) in [6.07, 6.45) is 3.50. The van der Waals surface area contributed by atoms with Crippen molar-refractivity contribution in [2.45, 2.75) is 26.4 Å². The van der Waals surface area contributed by atoms with Crippen LogP contribution >= 0.6 is 11.6 Å². The number of nitrogens with zero attached hydrogens (tertiary/aromatic N) is 2. The minimum absolute atomic E-state index is 0.0594. The van der Waals surface area contributed by atoms with Crippen molar-refractivity contribution >= 4 is 17.6 Å². The van der Waals surface area contributed by atoms with Crippen LogP contribution < -0.4 is 10.1 Å². The molecule has 1 heterocycles. The normalized spacial score (nSPS) is 11.7. The molecule has 1 atom stereocenters. The fraction of sp³-hybridized carbons (Fsp3) is 0.333. The molecule has 1 N–H and O–H groups in total. The van der Waals surface area contributed by atoms with Crippen LogP contribution in [-0.4, -0.2) is 29.6 Å². The molecular formula is C18H22ClN3O2. The highest BCUT2D eigenvalue weighted by atomic mass is 35.5. The lowest BCUT2D eigenvalue weighted by Crippen LogP contribution is -2.41. The van der Waals surface area contributed by atoms with Gasteiger partial charge in [-0.15, -0.1) is 0 Å². The van der Waals surface area contributed by atoms with Crippen LogP contribution in [0.3, 0.4) is 0 Å². The Labute approximate surface area is 147 Å². The second-order valence-corrected chi connectivity index (χ2v) is 5.80. The van der Waals surface area contributed by atoms with Gasteiger partial charge in [-0.05, 0) is 37.6 Å². The van der Waals surface area contributed by atoms with Crippen LogP contribution in [0.15, 0.2) is 42.7 Å². The number of urea groups is 1. The second-order valence-electron chi connectivity index (χ2n) is 5.36. The van der Waals surface area contributed by atoms with E-state index in [1.54, 1.807) is 36.5 Å². The highest BCUT2D eigenvalue weighted by molar-refractivity contribution is 6.30. The predicted molar refractivity (Wildman–Crippen MR) is 95.3 cm³/mol. The van der Waals surface area contributed by atoms with Gasteiger partial charge in [0.2, 0.25) is 0 Å². The predicted octanol–water partition coefficient (Wildman–Crippen LogP) is 4.04. The van der Waals surface area contributed by atoms with Crippen LogP contribution in [0, 0.1) is 0 Å². The summed E-state index contributed by atoms with van der Waals surface area (Å²) in [5.74, 6) is 0.658. The van der Waals surface area contributed by atoms with Gasteiger partial charge in [0.05, 0.1) is 13.2 Å².